The summed E-state index contributed by atoms with van der Waals surface area (Å²) in [5, 5.41) is 4.68. The van der Waals surface area contributed by atoms with E-state index in [1.807, 2.05) is 11.8 Å². The number of nitrogens with zero attached hydrogens (tertiary/aromatic N) is 3. The Balaban J connectivity index is 1.06. The molecule has 2 aliphatic rings. The molecule has 11 heteroatoms. The van der Waals surface area contributed by atoms with Crippen LogP contribution in [0.1, 0.15) is 30.6 Å². The van der Waals surface area contributed by atoms with Gasteiger partial charge in [-0.1, -0.05) is 24.3 Å². The number of rotatable bonds is 6. The predicted octanol–water partition coefficient (Wildman–Crippen LogP) is 5.41. The van der Waals surface area contributed by atoms with Gasteiger partial charge in [-0.05, 0) is 56.2 Å². The molecule has 1 saturated carbocycles. The molecule has 3 heterocycles. The van der Waals surface area contributed by atoms with E-state index in [0.717, 1.165) is 60.4 Å². The first-order valence-electron chi connectivity index (χ1n) is 11.8. The minimum atomic E-state index is -3.62. The molecule has 1 aliphatic heterocycles. The summed E-state index contributed by atoms with van der Waals surface area (Å²) in [5.41, 5.74) is 3.44. The SMILES string of the molecule is O=S(=O)(NC[C@H]1CC[C@H](Nc2nc3c(s2)CCSc2ccccc2-3)CC1)c1cccc2nsnc12. The van der Waals surface area contributed by atoms with Crippen molar-refractivity contribution in [1.29, 1.82) is 0 Å². The Morgan fingerprint density at radius 1 is 1.00 bits per heavy atom. The third-order valence-electron chi connectivity index (χ3n) is 6.70. The number of aromatic nitrogens is 3. The highest BCUT2D eigenvalue weighted by Gasteiger charge is 2.26. The average Bonchev–Trinajstić information content (AvgIpc) is 3.47. The zero-order valence-electron chi connectivity index (χ0n) is 18.9. The second kappa shape index (κ2) is 9.78. The molecule has 0 radical (unpaired) electrons. The van der Waals surface area contributed by atoms with Gasteiger partial charge in [-0.3, -0.25) is 0 Å². The molecule has 2 N–H and O–H groups in total. The third kappa shape index (κ3) is 4.84. The van der Waals surface area contributed by atoms with Crippen molar-refractivity contribution < 1.29 is 8.42 Å². The van der Waals surface area contributed by atoms with Crippen LogP contribution in [-0.2, 0) is 16.4 Å². The minimum Gasteiger partial charge on any atom is -0.359 e. The standard InChI is InChI=1S/C24H25N5O2S4/c30-35(31,21-7-3-5-18-23(21)29-34-28-18)25-14-15-8-10-16(11-9-15)26-24-27-22-17-4-1-2-6-19(17)32-13-12-20(22)33-24/h1-7,15-16,25H,8-14H2,(H,26,27)/t15-,16-. The normalized spacial score (nSPS) is 20.2. The Bertz CT molecular complexity index is 1460. The summed E-state index contributed by atoms with van der Waals surface area (Å²) in [5.74, 6) is 1.41. The van der Waals surface area contributed by atoms with Crippen LogP contribution in [0.15, 0.2) is 52.3 Å². The van der Waals surface area contributed by atoms with Crippen LogP contribution < -0.4 is 10.0 Å². The smallest absolute Gasteiger partial charge is 0.242 e. The minimum absolute atomic E-state index is 0.211. The molecular formula is C24H25N5O2S4. The predicted molar refractivity (Wildman–Crippen MR) is 144 cm³/mol. The fourth-order valence-corrected chi connectivity index (χ4v) is 8.91. The highest BCUT2D eigenvalue weighted by molar-refractivity contribution is 7.99. The number of hydrogen-bond acceptors (Lipinski definition) is 9. The summed E-state index contributed by atoms with van der Waals surface area (Å²) in [6, 6.07) is 14.0. The molecule has 35 heavy (non-hydrogen) atoms. The molecule has 7 nitrogen and oxygen atoms in total. The molecule has 0 saturated heterocycles. The quantitative estimate of drug-likeness (QED) is 0.336. The van der Waals surface area contributed by atoms with Crippen molar-refractivity contribution in [3.63, 3.8) is 0 Å². The van der Waals surface area contributed by atoms with E-state index in [1.54, 1.807) is 29.5 Å². The number of thiazole rings is 1. The summed E-state index contributed by atoms with van der Waals surface area (Å²) in [7, 11) is -3.62. The van der Waals surface area contributed by atoms with E-state index in [1.165, 1.54) is 15.3 Å². The van der Waals surface area contributed by atoms with Gasteiger partial charge in [0.15, 0.2) is 5.13 Å². The Hall–Kier alpha value is -2.05. The zero-order chi connectivity index (χ0) is 23.8. The lowest BCUT2D eigenvalue weighted by Gasteiger charge is -2.29. The molecule has 1 fully saturated rings. The van der Waals surface area contributed by atoms with E-state index in [9.17, 15) is 8.42 Å². The maximum Gasteiger partial charge on any atom is 0.242 e. The number of hydrogen-bond donors (Lipinski definition) is 2. The first kappa shape index (κ1) is 23.4. The average molecular weight is 544 g/mol. The molecule has 4 aromatic rings. The first-order chi connectivity index (χ1) is 17.1. The van der Waals surface area contributed by atoms with Crippen molar-refractivity contribution in [2.75, 3.05) is 17.6 Å². The van der Waals surface area contributed by atoms with E-state index < -0.39 is 10.0 Å². The summed E-state index contributed by atoms with van der Waals surface area (Å²) in [6.45, 7) is 0.447. The lowest BCUT2D eigenvalue weighted by molar-refractivity contribution is 0.337. The van der Waals surface area contributed by atoms with Crippen LogP contribution in [0.5, 0.6) is 0 Å². The number of benzene rings is 2. The Labute approximate surface area is 217 Å². The van der Waals surface area contributed by atoms with E-state index in [2.05, 4.69) is 43.1 Å². The van der Waals surface area contributed by atoms with Crippen molar-refractivity contribution in [2.45, 2.75) is 47.9 Å². The summed E-state index contributed by atoms with van der Waals surface area (Å²) in [4.78, 5) is 7.86. The summed E-state index contributed by atoms with van der Waals surface area (Å²) < 4.78 is 36.9. The number of sulfonamides is 1. The first-order valence-corrected chi connectivity index (χ1v) is 15.8. The van der Waals surface area contributed by atoms with Gasteiger partial charge in [0.25, 0.3) is 0 Å². The maximum atomic E-state index is 12.9. The number of nitrogens with one attached hydrogen (secondary N) is 2. The molecule has 182 valence electrons. The lowest BCUT2D eigenvalue weighted by Crippen LogP contribution is -2.34. The van der Waals surface area contributed by atoms with Gasteiger partial charge in [-0.2, -0.15) is 8.75 Å². The van der Waals surface area contributed by atoms with Crippen LogP contribution in [0, 0.1) is 5.92 Å². The molecule has 2 aromatic heterocycles. The summed E-state index contributed by atoms with van der Waals surface area (Å²) in [6.07, 6.45) is 5.02. The van der Waals surface area contributed by atoms with Crippen molar-refractivity contribution in [1.82, 2.24) is 18.5 Å². The highest BCUT2D eigenvalue weighted by atomic mass is 32.2. The van der Waals surface area contributed by atoms with Gasteiger partial charge in [-0.15, -0.1) is 23.1 Å². The van der Waals surface area contributed by atoms with Gasteiger partial charge in [-0.25, -0.2) is 18.1 Å². The molecule has 0 amide bonds. The van der Waals surface area contributed by atoms with E-state index >= 15 is 0 Å². The lowest BCUT2D eigenvalue weighted by atomic mass is 9.86. The van der Waals surface area contributed by atoms with Crippen LogP contribution >= 0.6 is 34.8 Å². The van der Waals surface area contributed by atoms with Gasteiger partial charge in [0.05, 0.1) is 17.4 Å². The molecule has 0 bridgehead atoms. The molecule has 0 spiro atoms. The maximum absolute atomic E-state index is 12.9. The topological polar surface area (TPSA) is 96.9 Å². The van der Waals surface area contributed by atoms with Crippen LogP contribution in [0.25, 0.3) is 22.3 Å². The van der Waals surface area contributed by atoms with Crippen molar-refractivity contribution in [2.24, 2.45) is 5.92 Å². The second-order valence-electron chi connectivity index (χ2n) is 8.99. The van der Waals surface area contributed by atoms with Crippen LogP contribution in [0.2, 0.25) is 0 Å². The van der Waals surface area contributed by atoms with Gasteiger partial charge < -0.3 is 5.32 Å². The van der Waals surface area contributed by atoms with Gasteiger partial charge in [0.1, 0.15) is 15.9 Å². The third-order valence-corrected chi connectivity index (χ3v) is 10.8. The number of thioether (sulfide) groups is 1. The highest BCUT2D eigenvalue weighted by Crippen LogP contribution is 2.41. The van der Waals surface area contributed by atoms with E-state index in [4.69, 9.17) is 4.98 Å². The van der Waals surface area contributed by atoms with Crippen molar-refractivity contribution >= 4 is 61.0 Å². The van der Waals surface area contributed by atoms with Crippen molar-refractivity contribution in [3.8, 4) is 11.3 Å². The fourth-order valence-electron chi connectivity index (χ4n) is 4.82. The van der Waals surface area contributed by atoms with Crippen LogP contribution in [-0.4, -0.2) is 40.5 Å². The van der Waals surface area contributed by atoms with Crippen LogP contribution in [0.4, 0.5) is 5.13 Å². The largest absolute Gasteiger partial charge is 0.359 e. The molecule has 0 unspecified atom stereocenters. The molecule has 1 aliphatic carbocycles. The monoisotopic (exact) mass is 543 g/mol. The molecular weight excluding hydrogens is 519 g/mol. The Morgan fingerprint density at radius 3 is 2.74 bits per heavy atom. The van der Waals surface area contributed by atoms with Gasteiger partial charge >= 0.3 is 0 Å². The molecule has 6 rings (SSSR count). The van der Waals surface area contributed by atoms with Gasteiger partial charge in [0.2, 0.25) is 10.0 Å². The second-order valence-corrected chi connectivity index (χ2v) is 13.5. The van der Waals surface area contributed by atoms with E-state index in [-0.39, 0.29) is 4.90 Å². The fraction of sp³-hybridized carbons (Fsp3) is 0.375. The number of aryl methyl sites for hydroxylation is 1. The molecule has 0 atom stereocenters. The number of fused-ring (bicyclic) bond motifs is 4. The van der Waals surface area contributed by atoms with Gasteiger partial charge in [0, 0.05) is 33.7 Å². The zero-order valence-corrected chi connectivity index (χ0v) is 22.2. The van der Waals surface area contributed by atoms with Crippen LogP contribution in [0.3, 0.4) is 0 Å². The van der Waals surface area contributed by atoms with E-state index in [0.29, 0.717) is 29.5 Å². The summed E-state index contributed by atoms with van der Waals surface area (Å²) >= 11 is 4.72. The molecule has 2 aromatic carbocycles. The Morgan fingerprint density at radius 2 is 1.86 bits per heavy atom. The van der Waals surface area contributed by atoms with Crippen molar-refractivity contribution in [3.05, 3.63) is 47.3 Å². The Kier molecular flexibility index (Phi) is 6.52. The number of anilines is 1.